The Bertz CT molecular complexity index is 844. The molecule has 4 heteroatoms. The highest BCUT2D eigenvalue weighted by Gasteiger charge is 2.18. The number of rotatable bonds is 6. The molecule has 1 N–H and O–H groups in total. The summed E-state index contributed by atoms with van der Waals surface area (Å²) in [6.07, 6.45) is 0.907. The van der Waals surface area contributed by atoms with Gasteiger partial charge in [0.2, 0.25) is 5.91 Å². The summed E-state index contributed by atoms with van der Waals surface area (Å²) >= 11 is 1.65. The van der Waals surface area contributed by atoms with Gasteiger partial charge in [0.05, 0.1) is 12.5 Å². The molecule has 0 fully saturated rings. The van der Waals surface area contributed by atoms with Gasteiger partial charge in [0.1, 0.15) is 5.82 Å². The highest BCUT2D eigenvalue weighted by molar-refractivity contribution is 7.10. The lowest BCUT2D eigenvalue weighted by molar-refractivity contribution is -0.121. The Morgan fingerprint density at radius 3 is 2.52 bits per heavy atom. The van der Waals surface area contributed by atoms with E-state index in [1.807, 2.05) is 23.6 Å². The first-order valence-corrected chi connectivity index (χ1v) is 9.11. The van der Waals surface area contributed by atoms with Gasteiger partial charge in [0.25, 0.3) is 0 Å². The molecule has 2 aromatic carbocycles. The van der Waals surface area contributed by atoms with Gasteiger partial charge in [-0.3, -0.25) is 4.79 Å². The molecule has 1 aromatic heterocycles. The van der Waals surface area contributed by atoms with E-state index in [4.69, 9.17) is 0 Å². The van der Waals surface area contributed by atoms with E-state index in [0.717, 1.165) is 11.3 Å². The molecule has 0 spiro atoms. The number of nitrogens with one attached hydrogen (secondary N) is 1. The summed E-state index contributed by atoms with van der Waals surface area (Å²) in [6.45, 7) is 2.06. The number of benzene rings is 2. The molecule has 128 valence electrons. The normalized spacial score (nSPS) is 11.9. The average Bonchev–Trinajstić information content (AvgIpc) is 3.01. The molecule has 1 amide bonds. The summed E-state index contributed by atoms with van der Waals surface area (Å²) in [7, 11) is 0. The lowest BCUT2D eigenvalue weighted by Gasteiger charge is -2.19. The number of hydrogen-bond donors (Lipinski definition) is 1. The molecule has 0 saturated carbocycles. The molecule has 0 aliphatic heterocycles. The van der Waals surface area contributed by atoms with Crippen molar-refractivity contribution in [3.05, 3.63) is 93.4 Å². The molecule has 0 saturated heterocycles. The number of carbonyl (C=O) groups is 1. The Balaban J connectivity index is 1.75. The smallest absolute Gasteiger partial charge is 0.224 e. The van der Waals surface area contributed by atoms with E-state index < -0.39 is 0 Å². The fraction of sp³-hybridized carbons (Fsp3) is 0.190. The number of thiophene rings is 1. The van der Waals surface area contributed by atoms with Gasteiger partial charge < -0.3 is 5.32 Å². The SMILES string of the molecule is Cc1ccsc1C(Cc1ccccc1)NC(=O)Cc1cccc(F)c1. The summed E-state index contributed by atoms with van der Waals surface area (Å²) < 4.78 is 13.3. The Morgan fingerprint density at radius 2 is 1.84 bits per heavy atom. The first-order valence-electron chi connectivity index (χ1n) is 8.23. The monoisotopic (exact) mass is 353 g/mol. The molecule has 1 unspecified atom stereocenters. The standard InChI is InChI=1S/C21H20FNOS/c1-15-10-11-25-21(15)19(13-16-6-3-2-4-7-16)23-20(24)14-17-8-5-9-18(22)12-17/h2-12,19H,13-14H2,1H3,(H,23,24). The van der Waals surface area contributed by atoms with E-state index in [2.05, 4.69) is 30.4 Å². The van der Waals surface area contributed by atoms with Crippen LogP contribution in [0.2, 0.25) is 0 Å². The van der Waals surface area contributed by atoms with Gasteiger partial charge in [-0.15, -0.1) is 11.3 Å². The van der Waals surface area contributed by atoms with Crippen LogP contribution < -0.4 is 5.32 Å². The van der Waals surface area contributed by atoms with E-state index in [1.165, 1.54) is 23.3 Å². The number of carbonyl (C=O) groups excluding carboxylic acids is 1. The predicted octanol–water partition coefficient (Wildman–Crippen LogP) is 4.84. The van der Waals surface area contributed by atoms with Crippen LogP contribution in [-0.2, 0) is 17.6 Å². The third-order valence-corrected chi connectivity index (χ3v) is 5.22. The van der Waals surface area contributed by atoms with Crippen LogP contribution in [0.5, 0.6) is 0 Å². The summed E-state index contributed by atoms with van der Waals surface area (Å²) in [5.74, 6) is -0.417. The lowest BCUT2D eigenvalue weighted by Crippen LogP contribution is -2.31. The zero-order valence-electron chi connectivity index (χ0n) is 14.0. The maximum atomic E-state index is 13.3. The van der Waals surface area contributed by atoms with Crippen LogP contribution in [0.1, 0.15) is 27.6 Å². The summed E-state index contributed by atoms with van der Waals surface area (Å²) in [6, 6.07) is 18.3. The molecular weight excluding hydrogens is 333 g/mol. The molecule has 1 heterocycles. The van der Waals surface area contributed by atoms with Gasteiger partial charge in [-0.05, 0) is 53.6 Å². The van der Waals surface area contributed by atoms with Crippen molar-refractivity contribution in [1.29, 1.82) is 0 Å². The first kappa shape index (κ1) is 17.4. The number of halogens is 1. The molecular formula is C21H20FNOS. The van der Waals surface area contributed by atoms with Gasteiger partial charge in [-0.2, -0.15) is 0 Å². The maximum Gasteiger partial charge on any atom is 0.224 e. The van der Waals surface area contributed by atoms with E-state index in [1.54, 1.807) is 23.5 Å². The van der Waals surface area contributed by atoms with Gasteiger partial charge >= 0.3 is 0 Å². The van der Waals surface area contributed by atoms with Gasteiger partial charge in [0, 0.05) is 4.88 Å². The van der Waals surface area contributed by atoms with Crippen molar-refractivity contribution >= 4 is 17.2 Å². The van der Waals surface area contributed by atoms with E-state index in [9.17, 15) is 9.18 Å². The Kier molecular flexibility index (Phi) is 5.61. The fourth-order valence-electron chi connectivity index (χ4n) is 2.88. The second-order valence-corrected chi connectivity index (χ2v) is 7.03. The minimum absolute atomic E-state index is 0.0801. The van der Waals surface area contributed by atoms with Crippen LogP contribution in [0.4, 0.5) is 4.39 Å². The Morgan fingerprint density at radius 1 is 1.08 bits per heavy atom. The molecule has 0 aliphatic rings. The average molecular weight is 353 g/mol. The highest BCUT2D eigenvalue weighted by atomic mass is 32.1. The fourth-order valence-corrected chi connectivity index (χ4v) is 3.86. The predicted molar refractivity (Wildman–Crippen MR) is 100 cm³/mol. The molecule has 25 heavy (non-hydrogen) atoms. The number of hydrogen-bond acceptors (Lipinski definition) is 2. The minimum atomic E-state index is -0.319. The van der Waals surface area contributed by atoms with Crippen LogP contribution in [-0.4, -0.2) is 5.91 Å². The molecule has 2 nitrogen and oxygen atoms in total. The zero-order chi connectivity index (χ0) is 17.6. The third kappa shape index (κ3) is 4.77. The summed E-state index contributed by atoms with van der Waals surface area (Å²) in [5, 5.41) is 5.17. The Hall–Kier alpha value is -2.46. The number of aryl methyl sites for hydroxylation is 1. The minimum Gasteiger partial charge on any atom is -0.348 e. The second-order valence-electron chi connectivity index (χ2n) is 6.08. The van der Waals surface area contributed by atoms with Crippen molar-refractivity contribution < 1.29 is 9.18 Å². The summed E-state index contributed by atoms with van der Waals surface area (Å²) in [5.41, 5.74) is 3.03. The van der Waals surface area contributed by atoms with Crippen molar-refractivity contribution in [2.45, 2.75) is 25.8 Å². The highest BCUT2D eigenvalue weighted by Crippen LogP contribution is 2.27. The van der Waals surface area contributed by atoms with Crippen molar-refractivity contribution in [1.82, 2.24) is 5.32 Å². The van der Waals surface area contributed by atoms with E-state index in [0.29, 0.717) is 5.56 Å². The molecule has 0 radical (unpaired) electrons. The van der Waals surface area contributed by atoms with Crippen LogP contribution in [0.3, 0.4) is 0 Å². The topological polar surface area (TPSA) is 29.1 Å². The van der Waals surface area contributed by atoms with Crippen LogP contribution in [0, 0.1) is 12.7 Å². The molecule has 3 aromatic rings. The lowest BCUT2D eigenvalue weighted by atomic mass is 10.0. The van der Waals surface area contributed by atoms with E-state index >= 15 is 0 Å². The zero-order valence-corrected chi connectivity index (χ0v) is 14.9. The molecule has 0 bridgehead atoms. The molecule has 0 aliphatic carbocycles. The first-order chi connectivity index (χ1) is 12.1. The van der Waals surface area contributed by atoms with Crippen molar-refractivity contribution in [3.63, 3.8) is 0 Å². The number of amides is 1. The Labute approximate surface area is 151 Å². The van der Waals surface area contributed by atoms with Gasteiger partial charge in [-0.25, -0.2) is 4.39 Å². The van der Waals surface area contributed by atoms with E-state index in [-0.39, 0.29) is 24.2 Å². The second kappa shape index (κ2) is 8.08. The van der Waals surface area contributed by atoms with Crippen LogP contribution >= 0.6 is 11.3 Å². The van der Waals surface area contributed by atoms with Gasteiger partial charge in [0.15, 0.2) is 0 Å². The van der Waals surface area contributed by atoms with Crippen molar-refractivity contribution in [3.8, 4) is 0 Å². The quantitative estimate of drug-likeness (QED) is 0.675. The summed E-state index contributed by atoms with van der Waals surface area (Å²) in [4.78, 5) is 13.7. The third-order valence-electron chi connectivity index (χ3n) is 4.09. The molecule has 3 rings (SSSR count). The molecule has 1 atom stereocenters. The largest absolute Gasteiger partial charge is 0.348 e. The van der Waals surface area contributed by atoms with Gasteiger partial charge in [-0.1, -0.05) is 42.5 Å². The van der Waals surface area contributed by atoms with Crippen molar-refractivity contribution in [2.75, 3.05) is 0 Å². The maximum absolute atomic E-state index is 13.3. The van der Waals surface area contributed by atoms with Crippen LogP contribution in [0.25, 0.3) is 0 Å². The van der Waals surface area contributed by atoms with Crippen molar-refractivity contribution in [2.24, 2.45) is 0 Å². The van der Waals surface area contributed by atoms with Crippen LogP contribution in [0.15, 0.2) is 66.0 Å².